The Morgan fingerprint density at radius 2 is 2.00 bits per heavy atom. The molecule has 1 heterocycles. The monoisotopic (exact) mass is 309 g/mol. The van der Waals surface area contributed by atoms with E-state index in [9.17, 15) is 0 Å². The third-order valence-corrected chi connectivity index (χ3v) is 4.40. The maximum Gasteiger partial charge on any atom is 0.0837 e. The average Bonchev–Trinajstić information content (AvgIpc) is 2.83. The van der Waals surface area contributed by atoms with Gasteiger partial charge in [-0.05, 0) is 37.4 Å². The van der Waals surface area contributed by atoms with Crippen molar-refractivity contribution in [1.29, 1.82) is 0 Å². The van der Waals surface area contributed by atoms with Crippen molar-refractivity contribution >= 4 is 23.4 Å². The van der Waals surface area contributed by atoms with Crippen LogP contribution >= 0.6 is 23.4 Å². The topological polar surface area (TPSA) is 29.9 Å². The normalized spacial score (nSPS) is 12.6. The van der Waals surface area contributed by atoms with Gasteiger partial charge < -0.3 is 5.32 Å². The van der Waals surface area contributed by atoms with Crippen molar-refractivity contribution in [3.63, 3.8) is 0 Å². The van der Waals surface area contributed by atoms with Crippen LogP contribution in [0.25, 0.3) is 0 Å². The second kappa shape index (κ2) is 7.16. The highest BCUT2D eigenvalue weighted by Gasteiger charge is 2.20. The lowest BCUT2D eigenvalue weighted by Crippen LogP contribution is -2.21. The largest absolute Gasteiger partial charge is 0.308 e. The Labute approximate surface area is 129 Å². The van der Waals surface area contributed by atoms with E-state index in [1.807, 2.05) is 23.5 Å². The molecular weight excluding hydrogens is 290 g/mol. The Morgan fingerprint density at radius 3 is 2.55 bits per heavy atom. The highest BCUT2D eigenvalue weighted by molar-refractivity contribution is 7.99. The first-order valence-corrected chi connectivity index (χ1v) is 8.18. The van der Waals surface area contributed by atoms with Crippen LogP contribution in [0.3, 0.4) is 0 Å². The molecule has 1 atom stereocenters. The van der Waals surface area contributed by atoms with Crippen molar-refractivity contribution in [3.8, 4) is 0 Å². The lowest BCUT2D eigenvalue weighted by molar-refractivity contribution is 0.563. The molecule has 1 N–H and O–H groups in total. The molecule has 20 heavy (non-hydrogen) atoms. The molecule has 1 aromatic carbocycles. The fourth-order valence-corrected chi connectivity index (χ4v) is 3.21. The molecule has 0 aliphatic rings. The predicted octanol–water partition coefficient (Wildman–Crippen LogP) is 3.98. The molecule has 1 aromatic heterocycles. The minimum Gasteiger partial charge on any atom is -0.308 e. The molecule has 1 unspecified atom stereocenters. The van der Waals surface area contributed by atoms with E-state index in [0.29, 0.717) is 5.02 Å². The number of nitrogens with one attached hydrogen (secondary N) is 1. The van der Waals surface area contributed by atoms with Gasteiger partial charge in [-0.2, -0.15) is 5.10 Å². The van der Waals surface area contributed by atoms with Crippen molar-refractivity contribution in [2.75, 3.05) is 12.8 Å². The van der Waals surface area contributed by atoms with Gasteiger partial charge >= 0.3 is 0 Å². The number of halogens is 1. The van der Waals surface area contributed by atoms with Gasteiger partial charge in [-0.25, -0.2) is 0 Å². The number of aryl methyl sites for hydroxylation is 1. The fourth-order valence-electron chi connectivity index (χ4n) is 2.30. The quantitative estimate of drug-likeness (QED) is 0.819. The van der Waals surface area contributed by atoms with E-state index in [-0.39, 0.29) is 6.04 Å². The van der Waals surface area contributed by atoms with E-state index < -0.39 is 0 Å². The molecule has 0 spiro atoms. The molecule has 5 heteroatoms. The molecule has 2 rings (SSSR count). The molecular formula is C15H20ClN3S. The number of hydrogen-bond donors (Lipinski definition) is 1. The van der Waals surface area contributed by atoms with E-state index in [2.05, 4.69) is 48.5 Å². The fraction of sp³-hybridized carbons (Fsp3) is 0.400. The Bertz CT molecular complexity index is 551. The Kier molecular flexibility index (Phi) is 5.52. The average molecular weight is 310 g/mol. The number of benzene rings is 1. The minimum atomic E-state index is 0.0608. The third-order valence-electron chi connectivity index (χ3n) is 3.22. The molecule has 3 nitrogen and oxygen atoms in total. The molecule has 108 valence electrons. The molecule has 0 aliphatic carbocycles. The van der Waals surface area contributed by atoms with Crippen molar-refractivity contribution in [3.05, 3.63) is 46.7 Å². The van der Waals surface area contributed by atoms with E-state index in [1.54, 1.807) is 6.20 Å². The summed E-state index contributed by atoms with van der Waals surface area (Å²) < 4.78 is 1.94. The Balaban J connectivity index is 2.34. The molecule has 0 radical (unpaired) electrons. The number of nitrogens with zero attached hydrogens (tertiary/aromatic N) is 2. The van der Waals surface area contributed by atoms with Gasteiger partial charge in [0.1, 0.15) is 0 Å². The molecule has 0 amide bonds. The molecule has 0 saturated carbocycles. The van der Waals surface area contributed by atoms with Crippen LogP contribution in [0.1, 0.15) is 31.1 Å². The van der Waals surface area contributed by atoms with Crippen LogP contribution in [-0.4, -0.2) is 22.6 Å². The molecule has 0 bridgehead atoms. The third kappa shape index (κ3) is 3.19. The first-order valence-electron chi connectivity index (χ1n) is 6.82. The standard InChI is InChI=1S/C15H20ClN3S/c1-4-19-15(13(16)10-18-19)14(17-3)11-6-8-12(9-7-11)20-5-2/h6-10,14,17H,4-5H2,1-3H3. The Morgan fingerprint density at radius 1 is 1.30 bits per heavy atom. The first-order chi connectivity index (χ1) is 9.71. The maximum atomic E-state index is 6.30. The second-order valence-electron chi connectivity index (χ2n) is 4.42. The molecule has 0 fully saturated rings. The summed E-state index contributed by atoms with van der Waals surface area (Å²) in [6, 6.07) is 8.69. The summed E-state index contributed by atoms with van der Waals surface area (Å²) in [5.41, 5.74) is 2.22. The summed E-state index contributed by atoms with van der Waals surface area (Å²) >= 11 is 8.15. The summed E-state index contributed by atoms with van der Waals surface area (Å²) in [6.07, 6.45) is 1.71. The zero-order chi connectivity index (χ0) is 14.5. The van der Waals surface area contributed by atoms with Crippen LogP contribution in [0.5, 0.6) is 0 Å². The van der Waals surface area contributed by atoms with Gasteiger partial charge in [0, 0.05) is 11.4 Å². The lowest BCUT2D eigenvalue weighted by atomic mass is 10.0. The van der Waals surface area contributed by atoms with Crippen LogP contribution in [0.2, 0.25) is 5.02 Å². The van der Waals surface area contributed by atoms with Gasteiger partial charge in [-0.1, -0.05) is 30.7 Å². The van der Waals surface area contributed by atoms with Crippen LogP contribution in [0.15, 0.2) is 35.4 Å². The highest BCUT2D eigenvalue weighted by Crippen LogP contribution is 2.29. The summed E-state index contributed by atoms with van der Waals surface area (Å²) in [5.74, 6) is 1.09. The number of thioether (sulfide) groups is 1. The van der Waals surface area contributed by atoms with Crippen molar-refractivity contribution < 1.29 is 0 Å². The van der Waals surface area contributed by atoms with E-state index >= 15 is 0 Å². The summed E-state index contributed by atoms with van der Waals surface area (Å²) in [6.45, 7) is 5.04. The molecule has 0 saturated heterocycles. The second-order valence-corrected chi connectivity index (χ2v) is 6.16. The van der Waals surface area contributed by atoms with Crippen molar-refractivity contribution in [2.24, 2.45) is 0 Å². The van der Waals surface area contributed by atoms with E-state index in [4.69, 9.17) is 11.6 Å². The summed E-state index contributed by atoms with van der Waals surface area (Å²) in [5, 5.41) is 8.36. The lowest BCUT2D eigenvalue weighted by Gasteiger charge is -2.19. The van der Waals surface area contributed by atoms with E-state index in [0.717, 1.165) is 18.0 Å². The Hall–Kier alpha value is -0.970. The SMILES string of the molecule is CCSc1ccc(C(NC)c2c(Cl)cnn2CC)cc1. The summed E-state index contributed by atoms with van der Waals surface area (Å²) in [7, 11) is 1.95. The summed E-state index contributed by atoms with van der Waals surface area (Å²) in [4.78, 5) is 1.29. The van der Waals surface area contributed by atoms with Gasteiger partial charge in [0.15, 0.2) is 0 Å². The molecule has 0 aliphatic heterocycles. The zero-order valence-electron chi connectivity index (χ0n) is 12.1. The van der Waals surface area contributed by atoms with Crippen LogP contribution < -0.4 is 5.32 Å². The van der Waals surface area contributed by atoms with Gasteiger partial charge in [0.25, 0.3) is 0 Å². The van der Waals surface area contributed by atoms with Crippen LogP contribution in [0, 0.1) is 0 Å². The first kappa shape index (κ1) is 15.4. The number of rotatable bonds is 6. The molecule has 2 aromatic rings. The smallest absolute Gasteiger partial charge is 0.0837 e. The van der Waals surface area contributed by atoms with E-state index in [1.165, 1.54) is 10.5 Å². The van der Waals surface area contributed by atoms with Gasteiger partial charge in [-0.15, -0.1) is 11.8 Å². The predicted molar refractivity (Wildman–Crippen MR) is 86.7 cm³/mol. The number of hydrogen-bond acceptors (Lipinski definition) is 3. The van der Waals surface area contributed by atoms with Gasteiger partial charge in [-0.3, -0.25) is 4.68 Å². The van der Waals surface area contributed by atoms with Gasteiger partial charge in [0.2, 0.25) is 0 Å². The van der Waals surface area contributed by atoms with Crippen LogP contribution in [0.4, 0.5) is 0 Å². The minimum absolute atomic E-state index is 0.0608. The van der Waals surface area contributed by atoms with Crippen LogP contribution in [-0.2, 0) is 6.54 Å². The van der Waals surface area contributed by atoms with Crippen molar-refractivity contribution in [1.82, 2.24) is 15.1 Å². The van der Waals surface area contributed by atoms with Crippen molar-refractivity contribution in [2.45, 2.75) is 31.3 Å². The number of aromatic nitrogens is 2. The zero-order valence-corrected chi connectivity index (χ0v) is 13.6. The maximum absolute atomic E-state index is 6.30. The highest BCUT2D eigenvalue weighted by atomic mass is 35.5. The van der Waals surface area contributed by atoms with Gasteiger partial charge in [0.05, 0.1) is 23.0 Å².